The molecule has 2 heterocycles. The molecule has 1 atom stereocenters. The molecule has 0 aliphatic carbocycles. The van der Waals surface area contributed by atoms with Gasteiger partial charge in [-0.3, -0.25) is 9.78 Å². The number of nitrogens with zero attached hydrogens (tertiary/aromatic N) is 2. The van der Waals surface area contributed by atoms with Crippen LogP contribution < -0.4 is 10.4 Å². The van der Waals surface area contributed by atoms with Crippen molar-refractivity contribution in [3.63, 3.8) is 0 Å². The van der Waals surface area contributed by atoms with Crippen LogP contribution in [0, 0.1) is 0 Å². The predicted molar refractivity (Wildman–Crippen MR) is 107 cm³/mol. The maximum absolute atomic E-state index is 11.8. The first-order valence-corrected chi connectivity index (χ1v) is 9.09. The normalized spacial score (nSPS) is 11.8. The molecule has 0 spiro atoms. The number of esters is 1. The van der Waals surface area contributed by atoms with Crippen molar-refractivity contribution in [3.05, 3.63) is 99.7 Å². The van der Waals surface area contributed by atoms with Crippen LogP contribution in [0.5, 0.6) is 0 Å². The standard InChI is InChI=1S/C21H20ClN3O3/c1-28-21(27)20(24-22)18-11-17(12-23-13-18)10-15-5-7-16(8-6-15)14-25-9-3-2-4-19(25)26/h2-9,11-13,20,24H,10,14H2,1H3. The molecule has 0 aliphatic heterocycles. The molecule has 0 saturated heterocycles. The van der Waals surface area contributed by atoms with Crippen molar-refractivity contribution in [1.82, 2.24) is 14.4 Å². The average molecular weight is 398 g/mol. The summed E-state index contributed by atoms with van der Waals surface area (Å²) in [7, 11) is 1.31. The van der Waals surface area contributed by atoms with Crippen molar-refractivity contribution >= 4 is 17.7 Å². The maximum atomic E-state index is 11.8. The molecule has 0 radical (unpaired) electrons. The molecule has 28 heavy (non-hydrogen) atoms. The van der Waals surface area contributed by atoms with Gasteiger partial charge in [-0.15, -0.1) is 0 Å². The number of ether oxygens (including phenoxy) is 1. The zero-order chi connectivity index (χ0) is 19.9. The van der Waals surface area contributed by atoms with E-state index in [0.29, 0.717) is 18.5 Å². The van der Waals surface area contributed by atoms with Crippen LogP contribution in [0.3, 0.4) is 0 Å². The van der Waals surface area contributed by atoms with Gasteiger partial charge in [-0.25, -0.2) is 9.63 Å². The Labute approximate surface area is 167 Å². The summed E-state index contributed by atoms with van der Waals surface area (Å²) < 4.78 is 6.41. The van der Waals surface area contributed by atoms with Crippen LogP contribution in [0.1, 0.15) is 28.3 Å². The molecule has 7 heteroatoms. The molecule has 6 nitrogen and oxygen atoms in total. The van der Waals surface area contributed by atoms with Gasteiger partial charge in [0.05, 0.1) is 13.7 Å². The van der Waals surface area contributed by atoms with Crippen LogP contribution in [0.2, 0.25) is 0 Å². The minimum Gasteiger partial charge on any atom is -0.468 e. The van der Waals surface area contributed by atoms with Crippen LogP contribution in [0.25, 0.3) is 0 Å². The zero-order valence-corrected chi connectivity index (χ0v) is 16.1. The number of carbonyl (C=O) groups excluding carboxylic acids is 1. The molecule has 0 fully saturated rings. The van der Waals surface area contributed by atoms with Gasteiger partial charge in [0.2, 0.25) is 0 Å². The number of pyridine rings is 2. The molecular weight excluding hydrogens is 378 g/mol. The Hall–Kier alpha value is -2.96. The molecule has 1 unspecified atom stereocenters. The highest BCUT2D eigenvalue weighted by Gasteiger charge is 2.20. The summed E-state index contributed by atoms with van der Waals surface area (Å²) in [6, 6.07) is 14.3. The smallest absolute Gasteiger partial charge is 0.328 e. The summed E-state index contributed by atoms with van der Waals surface area (Å²) in [6.07, 6.45) is 5.77. The number of halogens is 1. The summed E-state index contributed by atoms with van der Waals surface area (Å²) >= 11 is 5.68. The average Bonchev–Trinajstić information content (AvgIpc) is 2.72. The van der Waals surface area contributed by atoms with E-state index in [0.717, 1.165) is 16.7 Å². The first kappa shape index (κ1) is 19.8. The number of nitrogens with one attached hydrogen (secondary N) is 1. The van der Waals surface area contributed by atoms with E-state index in [1.807, 2.05) is 36.4 Å². The molecule has 1 aromatic carbocycles. The number of hydrogen-bond acceptors (Lipinski definition) is 5. The third kappa shape index (κ3) is 4.85. The van der Waals surface area contributed by atoms with Gasteiger partial charge in [0.1, 0.15) is 6.04 Å². The SMILES string of the molecule is COC(=O)C(NCl)c1cncc(Cc2ccc(Cn3ccccc3=O)cc2)c1. The van der Waals surface area contributed by atoms with Crippen LogP contribution >= 0.6 is 11.8 Å². The molecule has 0 saturated carbocycles. The Morgan fingerprint density at radius 3 is 2.57 bits per heavy atom. The quantitative estimate of drug-likeness (QED) is 0.490. The molecule has 3 aromatic rings. The summed E-state index contributed by atoms with van der Waals surface area (Å²) in [5.41, 5.74) is 3.70. The molecular formula is C21H20ClN3O3. The van der Waals surface area contributed by atoms with E-state index in [4.69, 9.17) is 16.5 Å². The van der Waals surface area contributed by atoms with Gasteiger partial charge in [0, 0.05) is 30.2 Å². The Kier molecular flexibility index (Phi) is 6.57. The van der Waals surface area contributed by atoms with Crippen molar-refractivity contribution in [2.24, 2.45) is 0 Å². The van der Waals surface area contributed by atoms with E-state index >= 15 is 0 Å². The molecule has 0 amide bonds. The van der Waals surface area contributed by atoms with Crippen LogP contribution in [-0.4, -0.2) is 22.6 Å². The van der Waals surface area contributed by atoms with Crippen LogP contribution in [-0.2, 0) is 22.5 Å². The van der Waals surface area contributed by atoms with Crippen LogP contribution in [0.15, 0.2) is 71.9 Å². The van der Waals surface area contributed by atoms with Gasteiger partial charge in [-0.05, 0) is 41.0 Å². The molecule has 3 rings (SSSR count). The third-order valence-corrected chi connectivity index (χ3v) is 4.60. The van der Waals surface area contributed by atoms with Gasteiger partial charge in [0.15, 0.2) is 0 Å². The van der Waals surface area contributed by atoms with Gasteiger partial charge in [-0.2, -0.15) is 0 Å². The highest BCUT2D eigenvalue weighted by atomic mass is 35.5. The third-order valence-electron chi connectivity index (χ3n) is 4.38. The molecule has 144 valence electrons. The topological polar surface area (TPSA) is 73.2 Å². The van der Waals surface area contributed by atoms with E-state index in [-0.39, 0.29) is 5.56 Å². The molecule has 0 bridgehead atoms. The lowest BCUT2D eigenvalue weighted by Gasteiger charge is -2.13. The summed E-state index contributed by atoms with van der Waals surface area (Å²) in [4.78, 5) is 30.3. The predicted octanol–water partition coefficient (Wildman–Crippen LogP) is 2.84. The largest absolute Gasteiger partial charge is 0.468 e. The van der Waals surface area contributed by atoms with Crippen molar-refractivity contribution in [3.8, 4) is 0 Å². The Morgan fingerprint density at radius 1 is 1.14 bits per heavy atom. The van der Waals surface area contributed by atoms with E-state index in [9.17, 15) is 9.59 Å². The van der Waals surface area contributed by atoms with E-state index in [1.54, 1.807) is 35.3 Å². The highest BCUT2D eigenvalue weighted by Crippen LogP contribution is 2.18. The number of rotatable bonds is 7. The Morgan fingerprint density at radius 2 is 1.89 bits per heavy atom. The number of hydrogen-bond donors (Lipinski definition) is 1. The van der Waals surface area contributed by atoms with Crippen molar-refractivity contribution in [2.75, 3.05) is 7.11 Å². The van der Waals surface area contributed by atoms with Crippen LogP contribution in [0.4, 0.5) is 0 Å². The fourth-order valence-electron chi connectivity index (χ4n) is 2.91. The number of benzene rings is 1. The van der Waals surface area contributed by atoms with Gasteiger partial charge < -0.3 is 9.30 Å². The first-order valence-electron chi connectivity index (χ1n) is 8.72. The lowest BCUT2D eigenvalue weighted by Crippen LogP contribution is -2.23. The second-order valence-electron chi connectivity index (χ2n) is 6.35. The van der Waals surface area contributed by atoms with Gasteiger partial charge in [0.25, 0.3) is 5.56 Å². The maximum Gasteiger partial charge on any atom is 0.328 e. The number of methoxy groups -OCH3 is 1. The summed E-state index contributed by atoms with van der Waals surface area (Å²) in [5.74, 6) is -0.477. The first-order chi connectivity index (χ1) is 13.6. The molecule has 1 N–H and O–H groups in total. The lowest BCUT2D eigenvalue weighted by molar-refractivity contribution is -0.142. The Bertz CT molecular complexity index is 1000. The summed E-state index contributed by atoms with van der Waals surface area (Å²) in [5, 5.41) is 0. The second-order valence-corrected chi connectivity index (χ2v) is 6.57. The highest BCUT2D eigenvalue weighted by molar-refractivity contribution is 6.14. The Balaban J connectivity index is 1.72. The van der Waals surface area contributed by atoms with Gasteiger partial charge in [-0.1, -0.05) is 36.4 Å². The zero-order valence-electron chi connectivity index (χ0n) is 15.3. The minimum atomic E-state index is -0.773. The van der Waals surface area contributed by atoms with Crippen molar-refractivity contribution in [2.45, 2.75) is 19.0 Å². The van der Waals surface area contributed by atoms with Crippen molar-refractivity contribution in [1.29, 1.82) is 0 Å². The minimum absolute atomic E-state index is 0.0254. The number of aromatic nitrogens is 2. The molecule has 2 aromatic heterocycles. The van der Waals surface area contributed by atoms with Crippen molar-refractivity contribution < 1.29 is 9.53 Å². The van der Waals surface area contributed by atoms with E-state index in [1.165, 1.54) is 7.11 Å². The van der Waals surface area contributed by atoms with E-state index < -0.39 is 12.0 Å². The van der Waals surface area contributed by atoms with E-state index in [2.05, 4.69) is 9.82 Å². The fourth-order valence-corrected chi connectivity index (χ4v) is 3.12. The monoisotopic (exact) mass is 397 g/mol. The fraction of sp³-hybridized carbons (Fsp3) is 0.190. The lowest BCUT2D eigenvalue weighted by atomic mass is 10.0. The number of carbonyl (C=O) groups is 1. The molecule has 0 aliphatic rings. The second kappa shape index (κ2) is 9.30. The summed E-state index contributed by atoms with van der Waals surface area (Å²) in [6.45, 7) is 0.527. The van der Waals surface area contributed by atoms with Gasteiger partial charge >= 0.3 is 5.97 Å².